The third kappa shape index (κ3) is 5.54. The molecule has 0 aliphatic carbocycles. The van der Waals surface area contributed by atoms with Gasteiger partial charge in [0, 0.05) is 30.9 Å². The second-order valence-electron chi connectivity index (χ2n) is 9.15. The SMILES string of the molecule is [C-]#[N+]CCOP(O[C@@H]1C2OC[C@]1(CN(C)C)O[C@H]2n1ccc(=O)[nH]c1=O)N(C(C)C)C(C)C. The fourth-order valence-corrected chi connectivity index (χ4v) is 6.24. The van der Waals surface area contributed by atoms with Crippen molar-refractivity contribution in [1.29, 1.82) is 0 Å². The van der Waals surface area contributed by atoms with Gasteiger partial charge in [0.1, 0.15) is 24.4 Å². The summed E-state index contributed by atoms with van der Waals surface area (Å²) in [7, 11) is 2.34. The van der Waals surface area contributed by atoms with Gasteiger partial charge in [0.25, 0.3) is 14.1 Å². The first-order chi connectivity index (χ1) is 15.6. The van der Waals surface area contributed by atoms with E-state index in [4.69, 9.17) is 25.1 Å². The van der Waals surface area contributed by atoms with Crippen molar-refractivity contribution in [2.45, 2.75) is 63.8 Å². The van der Waals surface area contributed by atoms with Gasteiger partial charge in [-0.05, 0) is 41.8 Å². The Hall–Kier alpha value is -1.64. The molecule has 3 rings (SSSR count). The molecule has 1 N–H and O–H groups in total. The smallest absolute Gasteiger partial charge is 0.330 e. The van der Waals surface area contributed by atoms with Crippen LogP contribution in [0.15, 0.2) is 21.9 Å². The predicted octanol–water partition coefficient (Wildman–Crippen LogP) is 1.43. The van der Waals surface area contributed by atoms with Crippen LogP contribution in [0, 0.1) is 6.57 Å². The number of nitrogens with one attached hydrogen (secondary N) is 1. The lowest BCUT2D eigenvalue weighted by atomic mass is 9.99. The van der Waals surface area contributed by atoms with Crippen LogP contribution in [-0.2, 0) is 18.5 Å². The van der Waals surface area contributed by atoms with Gasteiger partial charge in [0.15, 0.2) is 6.23 Å². The first-order valence-electron chi connectivity index (χ1n) is 11.1. The van der Waals surface area contributed by atoms with Gasteiger partial charge < -0.3 is 28.3 Å². The number of H-pyrrole nitrogens is 1. The standard InChI is InChI=1S/C21H34N5O6P/c1-14(2)26(15(3)4)33(30-11-9-22-5)32-18-17-19(25-10-8-16(27)23-20(25)28)31-21(18,13-29-17)12-24(6)7/h8,10,14-15,17-19H,9,11-13H2,1-4,6-7H3,(H,23,27,28)/t17?,18-,19-,21+,33?/m1/s1. The zero-order valence-electron chi connectivity index (χ0n) is 20.1. The highest BCUT2D eigenvalue weighted by Crippen LogP contribution is 2.55. The molecule has 11 nitrogen and oxygen atoms in total. The van der Waals surface area contributed by atoms with E-state index in [2.05, 4.69) is 42.2 Å². The van der Waals surface area contributed by atoms with E-state index >= 15 is 0 Å². The average molecular weight is 484 g/mol. The quantitative estimate of drug-likeness (QED) is 0.287. The predicted molar refractivity (Wildman–Crippen MR) is 124 cm³/mol. The lowest BCUT2D eigenvalue weighted by Gasteiger charge is -2.39. The molecular weight excluding hydrogens is 449 g/mol. The van der Waals surface area contributed by atoms with E-state index in [0.717, 1.165) is 0 Å². The number of likely N-dealkylation sites (N-methyl/N-ethyl adjacent to an activating group) is 1. The monoisotopic (exact) mass is 483 g/mol. The number of ether oxygens (including phenoxy) is 2. The Morgan fingerprint density at radius 2 is 2.03 bits per heavy atom. The molecule has 2 bridgehead atoms. The summed E-state index contributed by atoms with van der Waals surface area (Å²) < 4.78 is 28.8. The first-order valence-corrected chi connectivity index (χ1v) is 12.2. The molecule has 184 valence electrons. The molecule has 12 heteroatoms. The third-order valence-electron chi connectivity index (χ3n) is 5.54. The van der Waals surface area contributed by atoms with Gasteiger partial charge in [-0.3, -0.25) is 14.3 Å². The van der Waals surface area contributed by atoms with Crippen LogP contribution in [0.4, 0.5) is 0 Å². The highest BCUT2D eigenvalue weighted by atomic mass is 31.2. The number of rotatable bonds is 11. The topological polar surface area (TPSA) is 103 Å². The summed E-state index contributed by atoms with van der Waals surface area (Å²) in [5, 5.41) is 0. The fraction of sp³-hybridized carbons (Fsp3) is 0.762. The summed E-state index contributed by atoms with van der Waals surface area (Å²) in [6.45, 7) is 16.7. The number of hydrogen-bond acceptors (Lipinski definition) is 8. The van der Waals surface area contributed by atoms with E-state index < -0.39 is 43.8 Å². The molecule has 2 saturated heterocycles. The van der Waals surface area contributed by atoms with Gasteiger partial charge in [-0.2, -0.15) is 0 Å². The summed E-state index contributed by atoms with van der Waals surface area (Å²) >= 11 is 0. The normalized spacial score (nSPS) is 27.7. The zero-order chi connectivity index (χ0) is 24.3. The number of hydrogen-bond donors (Lipinski definition) is 1. The van der Waals surface area contributed by atoms with E-state index in [-0.39, 0.29) is 25.2 Å². The maximum atomic E-state index is 12.5. The van der Waals surface area contributed by atoms with Crippen LogP contribution < -0.4 is 11.2 Å². The molecule has 1 aromatic rings. The molecule has 33 heavy (non-hydrogen) atoms. The van der Waals surface area contributed by atoms with Crippen molar-refractivity contribution in [3.05, 3.63) is 44.5 Å². The Morgan fingerprint density at radius 3 is 2.61 bits per heavy atom. The molecule has 0 spiro atoms. The number of fused-ring (bicyclic) bond motifs is 2. The van der Waals surface area contributed by atoms with E-state index in [1.54, 1.807) is 0 Å². The molecule has 5 atom stereocenters. The molecule has 1 aromatic heterocycles. The minimum Gasteiger partial charge on any atom is -0.367 e. The molecular formula is C21H34N5O6P. The summed E-state index contributed by atoms with van der Waals surface area (Å²) in [6.07, 6.45) is -0.411. The summed E-state index contributed by atoms with van der Waals surface area (Å²) in [4.78, 5) is 31.7. The van der Waals surface area contributed by atoms with Gasteiger partial charge >= 0.3 is 5.69 Å². The fourth-order valence-electron chi connectivity index (χ4n) is 4.44. The van der Waals surface area contributed by atoms with Crippen molar-refractivity contribution < 1.29 is 18.5 Å². The minimum absolute atomic E-state index is 0.146. The lowest BCUT2D eigenvalue weighted by molar-refractivity contribution is -0.178. The van der Waals surface area contributed by atoms with Gasteiger partial charge in [-0.25, -0.2) is 16.0 Å². The molecule has 0 radical (unpaired) electrons. The Balaban J connectivity index is 1.95. The van der Waals surface area contributed by atoms with Crippen LogP contribution in [-0.4, -0.2) is 89.4 Å². The number of nitrogens with zero attached hydrogens (tertiary/aromatic N) is 4. The molecule has 0 aromatic carbocycles. The van der Waals surface area contributed by atoms with Crippen LogP contribution in [0.2, 0.25) is 0 Å². The maximum Gasteiger partial charge on any atom is 0.330 e. The third-order valence-corrected chi connectivity index (χ3v) is 7.65. The Bertz CT molecular complexity index is 951. The average Bonchev–Trinajstić information content (AvgIpc) is 3.17. The molecule has 2 aliphatic rings. The van der Waals surface area contributed by atoms with E-state index in [9.17, 15) is 9.59 Å². The van der Waals surface area contributed by atoms with Crippen molar-refractivity contribution in [3.63, 3.8) is 0 Å². The minimum atomic E-state index is -1.53. The molecule has 2 unspecified atom stereocenters. The second-order valence-corrected chi connectivity index (χ2v) is 10.6. The van der Waals surface area contributed by atoms with Crippen molar-refractivity contribution in [2.75, 3.05) is 40.4 Å². The second kappa shape index (κ2) is 10.7. The maximum absolute atomic E-state index is 12.5. The number of aromatic nitrogens is 2. The zero-order valence-corrected chi connectivity index (χ0v) is 20.9. The van der Waals surface area contributed by atoms with Crippen LogP contribution >= 0.6 is 8.53 Å². The molecule has 3 heterocycles. The van der Waals surface area contributed by atoms with Crippen LogP contribution in [0.1, 0.15) is 33.9 Å². The summed E-state index contributed by atoms with van der Waals surface area (Å²) in [5.41, 5.74) is -1.86. The van der Waals surface area contributed by atoms with Gasteiger partial charge in [0.2, 0.25) is 6.54 Å². The van der Waals surface area contributed by atoms with Crippen LogP contribution in [0.5, 0.6) is 0 Å². The van der Waals surface area contributed by atoms with Gasteiger partial charge in [-0.15, -0.1) is 0 Å². The van der Waals surface area contributed by atoms with Crippen molar-refractivity contribution >= 4 is 8.53 Å². The van der Waals surface area contributed by atoms with Crippen molar-refractivity contribution in [1.82, 2.24) is 19.1 Å². The van der Waals surface area contributed by atoms with Crippen molar-refractivity contribution in [2.24, 2.45) is 0 Å². The molecule has 2 fully saturated rings. The van der Waals surface area contributed by atoms with Crippen molar-refractivity contribution in [3.8, 4) is 0 Å². The lowest BCUT2D eigenvalue weighted by Crippen LogP contribution is -2.50. The van der Waals surface area contributed by atoms with E-state index in [1.807, 2.05) is 19.0 Å². The highest BCUT2D eigenvalue weighted by Gasteiger charge is 2.64. The van der Waals surface area contributed by atoms with Gasteiger partial charge in [-0.1, -0.05) is 0 Å². The summed E-state index contributed by atoms with van der Waals surface area (Å²) in [6, 6.07) is 1.57. The highest BCUT2D eigenvalue weighted by molar-refractivity contribution is 7.44. The number of aromatic amines is 1. The summed E-state index contributed by atoms with van der Waals surface area (Å²) in [5.74, 6) is 0. The van der Waals surface area contributed by atoms with Crippen LogP contribution in [0.25, 0.3) is 4.85 Å². The van der Waals surface area contributed by atoms with E-state index in [1.165, 1.54) is 16.8 Å². The largest absolute Gasteiger partial charge is 0.367 e. The Labute approximate surface area is 195 Å². The molecule has 0 amide bonds. The molecule has 0 saturated carbocycles. The van der Waals surface area contributed by atoms with E-state index in [0.29, 0.717) is 13.2 Å². The first kappa shape index (κ1) is 26.0. The Kier molecular flexibility index (Phi) is 8.45. The van der Waals surface area contributed by atoms with Gasteiger partial charge in [0.05, 0.1) is 6.61 Å². The Morgan fingerprint density at radius 1 is 1.33 bits per heavy atom. The van der Waals surface area contributed by atoms with Crippen LogP contribution in [0.3, 0.4) is 0 Å². The molecule has 2 aliphatic heterocycles.